The largest absolute Gasteiger partial charge is 0.393 e. The van der Waals surface area contributed by atoms with Gasteiger partial charge in [-0.15, -0.1) is 11.3 Å². The average molecular weight is 400 g/mol. The van der Waals surface area contributed by atoms with Crippen molar-refractivity contribution in [1.82, 2.24) is 9.88 Å². The summed E-state index contributed by atoms with van der Waals surface area (Å²) in [7, 11) is 0. The van der Waals surface area contributed by atoms with Gasteiger partial charge in [-0.05, 0) is 42.0 Å². The van der Waals surface area contributed by atoms with Gasteiger partial charge < -0.3 is 10.4 Å². The second-order valence-electron chi connectivity index (χ2n) is 6.71. The first-order chi connectivity index (χ1) is 13.2. The minimum atomic E-state index is -0.189. The fraction of sp³-hybridized carbons (Fsp3) is 0.300. The Kier molecular flexibility index (Phi) is 5.63. The standard InChI is InChI=1S/C20H21N3O2S2/c24-17-4-7-23(8-5-17)11-14-2-1-3-16(10-14)21-19(25)18-13-27-20(22-18)15-6-9-26-12-15/h1-3,6,9-10,12-13,17,24H,4-5,7-8,11H2,(H,21,25). The Morgan fingerprint density at radius 1 is 1.26 bits per heavy atom. The zero-order chi connectivity index (χ0) is 18.6. The Hall–Kier alpha value is -2.06. The van der Waals surface area contributed by atoms with Crippen LogP contribution in [0.2, 0.25) is 0 Å². The quantitative estimate of drug-likeness (QED) is 0.678. The van der Waals surface area contributed by atoms with E-state index < -0.39 is 0 Å². The van der Waals surface area contributed by atoms with Crippen LogP contribution in [0.1, 0.15) is 28.9 Å². The highest BCUT2D eigenvalue weighted by Gasteiger charge is 2.17. The first-order valence-electron chi connectivity index (χ1n) is 8.96. The van der Waals surface area contributed by atoms with Crippen LogP contribution in [0, 0.1) is 0 Å². The van der Waals surface area contributed by atoms with Crippen molar-refractivity contribution in [3.05, 3.63) is 57.7 Å². The van der Waals surface area contributed by atoms with E-state index in [2.05, 4.69) is 21.3 Å². The zero-order valence-corrected chi connectivity index (χ0v) is 16.4. The number of nitrogens with one attached hydrogen (secondary N) is 1. The normalized spacial score (nSPS) is 15.7. The lowest BCUT2D eigenvalue weighted by molar-refractivity contribution is 0.0792. The maximum Gasteiger partial charge on any atom is 0.275 e. The van der Waals surface area contributed by atoms with Crippen LogP contribution in [-0.4, -0.2) is 40.1 Å². The van der Waals surface area contributed by atoms with Crippen molar-refractivity contribution in [2.75, 3.05) is 18.4 Å². The van der Waals surface area contributed by atoms with E-state index in [9.17, 15) is 9.90 Å². The number of hydrogen-bond acceptors (Lipinski definition) is 6. The van der Waals surface area contributed by atoms with Crippen LogP contribution < -0.4 is 5.32 Å². The lowest BCUT2D eigenvalue weighted by Crippen LogP contribution is -2.35. The van der Waals surface area contributed by atoms with Crippen LogP contribution in [0.3, 0.4) is 0 Å². The highest BCUT2D eigenvalue weighted by Crippen LogP contribution is 2.26. The van der Waals surface area contributed by atoms with Crippen LogP contribution in [0.5, 0.6) is 0 Å². The van der Waals surface area contributed by atoms with E-state index in [0.29, 0.717) is 5.69 Å². The van der Waals surface area contributed by atoms with E-state index in [-0.39, 0.29) is 12.0 Å². The van der Waals surface area contributed by atoms with E-state index in [1.54, 1.807) is 16.7 Å². The van der Waals surface area contributed by atoms with Gasteiger partial charge in [0.15, 0.2) is 0 Å². The Morgan fingerprint density at radius 2 is 2.11 bits per heavy atom. The number of aliphatic hydroxyl groups is 1. The van der Waals surface area contributed by atoms with Gasteiger partial charge in [0.1, 0.15) is 10.7 Å². The Bertz CT molecular complexity index is 900. The molecule has 140 valence electrons. The molecule has 7 heteroatoms. The van der Waals surface area contributed by atoms with E-state index in [1.165, 1.54) is 11.3 Å². The molecule has 0 saturated carbocycles. The second-order valence-corrected chi connectivity index (χ2v) is 8.35. The molecular formula is C20H21N3O2S2. The van der Waals surface area contributed by atoms with Crippen LogP contribution in [0.25, 0.3) is 10.6 Å². The Morgan fingerprint density at radius 3 is 2.89 bits per heavy atom. The van der Waals surface area contributed by atoms with Gasteiger partial charge in [0.2, 0.25) is 0 Å². The molecule has 1 fully saturated rings. The van der Waals surface area contributed by atoms with Gasteiger partial charge in [0, 0.05) is 41.6 Å². The lowest BCUT2D eigenvalue weighted by atomic mass is 10.1. The number of benzene rings is 1. The molecule has 1 aromatic carbocycles. The summed E-state index contributed by atoms with van der Waals surface area (Å²) in [5.41, 5.74) is 3.43. The second kappa shape index (κ2) is 8.31. The smallest absolute Gasteiger partial charge is 0.275 e. The number of hydrogen-bond donors (Lipinski definition) is 2. The van der Waals surface area contributed by atoms with Crippen molar-refractivity contribution in [3.63, 3.8) is 0 Å². The van der Waals surface area contributed by atoms with Gasteiger partial charge in [0.25, 0.3) is 5.91 Å². The molecule has 2 aromatic heterocycles. The summed E-state index contributed by atoms with van der Waals surface area (Å²) in [4.78, 5) is 19.3. The average Bonchev–Trinajstić information content (AvgIpc) is 3.35. The van der Waals surface area contributed by atoms with E-state index in [1.807, 2.05) is 35.0 Å². The van der Waals surface area contributed by atoms with Crippen molar-refractivity contribution in [1.29, 1.82) is 0 Å². The number of aromatic nitrogens is 1. The molecule has 0 unspecified atom stereocenters. The molecule has 1 amide bonds. The highest BCUT2D eigenvalue weighted by atomic mass is 32.1. The molecule has 1 aliphatic rings. The van der Waals surface area contributed by atoms with Gasteiger partial charge in [-0.1, -0.05) is 12.1 Å². The van der Waals surface area contributed by atoms with Gasteiger partial charge in [-0.25, -0.2) is 4.98 Å². The first kappa shape index (κ1) is 18.3. The number of thiophene rings is 1. The fourth-order valence-corrected chi connectivity index (χ4v) is 4.69. The minimum Gasteiger partial charge on any atom is -0.393 e. The van der Waals surface area contributed by atoms with Crippen molar-refractivity contribution in [2.24, 2.45) is 0 Å². The third-order valence-electron chi connectivity index (χ3n) is 4.65. The maximum atomic E-state index is 12.5. The summed E-state index contributed by atoms with van der Waals surface area (Å²) in [6.07, 6.45) is 1.49. The summed E-state index contributed by atoms with van der Waals surface area (Å²) >= 11 is 3.10. The number of likely N-dealkylation sites (tertiary alicyclic amines) is 1. The molecule has 0 radical (unpaired) electrons. The lowest BCUT2D eigenvalue weighted by Gasteiger charge is -2.29. The number of carbonyl (C=O) groups excluding carboxylic acids is 1. The van der Waals surface area contributed by atoms with Crippen LogP contribution in [0.15, 0.2) is 46.5 Å². The van der Waals surface area contributed by atoms with E-state index in [0.717, 1.165) is 54.3 Å². The third-order valence-corrected chi connectivity index (χ3v) is 6.23. The van der Waals surface area contributed by atoms with Gasteiger partial charge in [-0.3, -0.25) is 9.69 Å². The number of carbonyl (C=O) groups is 1. The van der Waals surface area contributed by atoms with E-state index in [4.69, 9.17) is 0 Å². The molecule has 3 heterocycles. The fourth-order valence-electron chi connectivity index (χ4n) is 3.17. The highest BCUT2D eigenvalue weighted by molar-refractivity contribution is 7.14. The zero-order valence-electron chi connectivity index (χ0n) is 14.8. The molecule has 0 spiro atoms. The molecule has 0 aliphatic carbocycles. The SMILES string of the molecule is O=C(Nc1cccc(CN2CCC(O)CC2)c1)c1csc(-c2ccsc2)n1. The minimum absolute atomic E-state index is 0.163. The molecule has 1 saturated heterocycles. The number of thiazole rings is 1. The third kappa shape index (κ3) is 4.62. The molecule has 27 heavy (non-hydrogen) atoms. The number of piperidine rings is 1. The monoisotopic (exact) mass is 399 g/mol. The molecule has 5 nitrogen and oxygen atoms in total. The van der Waals surface area contributed by atoms with Gasteiger partial charge >= 0.3 is 0 Å². The molecule has 2 N–H and O–H groups in total. The number of anilines is 1. The number of amides is 1. The van der Waals surface area contributed by atoms with Crippen molar-refractivity contribution in [2.45, 2.75) is 25.5 Å². The first-order valence-corrected chi connectivity index (χ1v) is 10.8. The molecule has 4 rings (SSSR count). The van der Waals surface area contributed by atoms with Crippen molar-refractivity contribution in [3.8, 4) is 10.6 Å². The van der Waals surface area contributed by atoms with Gasteiger partial charge in [-0.2, -0.15) is 11.3 Å². The van der Waals surface area contributed by atoms with Gasteiger partial charge in [0.05, 0.1) is 6.10 Å². The van der Waals surface area contributed by atoms with Crippen molar-refractivity contribution >= 4 is 34.3 Å². The number of rotatable bonds is 5. The Balaban J connectivity index is 1.40. The van der Waals surface area contributed by atoms with Crippen molar-refractivity contribution < 1.29 is 9.90 Å². The predicted octanol–water partition coefficient (Wildman–Crippen LogP) is 4.08. The maximum absolute atomic E-state index is 12.5. The molecule has 0 atom stereocenters. The predicted molar refractivity (Wildman–Crippen MR) is 110 cm³/mol. The summed E-state index contributed by atoms with van der Waals surface area (Å²) in [6.45, 7) is 2.64. The summed E-state index contributed by atoms with van der Waals surface area (Å²) in [6, 6.07) is 9.94. The molecular weight excluding hydrogens is 378 g/mol. The number of nitrogens with zero attached hydrogens (tertiary/aromatic N) is 2. The van der Waals surface area contributed by atoms with Crippen LogP contribution in [-0.2, 0) is 6.54 Å². The number of aliphatic hydroxyl groups excluding tert-OH is 1. The molecule has 1 aliphatic heterocycles. The van der Waals surface area contributed by atoms with Crippen LogP contribution >= 0.6 is 22.7 Å². The molecule has 0 bridgehead atoms. The van der Waals surface area contributed by atoms with Crippen LogP contribution in [0.4, 0.5) is 5.69 Å². The topological polar surface area (TPSA) is 65.5 Å². The Labute approximate surface area is 166 Å². The summed E-state index contributed by atoms with van der Waals surface area (Å²) < 4.78 is 0. The molecule has 3 aromatic rings. The summed E-state index contributed by atoms with van der Waals surface area (Å²) in [5, 5.41) is 19.3. The summed E-state index contributed by atoms with van der Waals surface area (Å²) in [5.74, 6) is -0.189. The van der Waals surface area contributed by atoms with E-state index >= 15 is 0 Å².